The monoisotopic (exact) mass is 614 g/mol. The van der Waals surface area contributed by atoms with Gasteiger partial charge in [-0.2, -0.15) is 0 Å². The van der Waals surface area contributed by atoms with Gasteiger partial charge in [0.1, 0.15) is 14.2 Å². The van der Waals surface area contributed by atoms with E-state index in [1.165, 1.54) is 24.6 Å². The molecule has 0 spiro atoms. The SMILES string of the molecule is CON(C)C(=O)[C@@H](O)[C@@H]1CC(=O)C([Si](C(C)C)(C(C)C)C(C)C)=CN1C(=O)O[C@@H]1CCCC[C@H]1C(C)(C)c1ccccc1. The Bertz CT molecular complexity index is 1140. The second-order valence-corrected chi connectivity index (χ2v) is 19.8. The van der Waals surface area contributed by atoms with E-state index in [1.807, 2.05) is 18.2 Å². The van der Waals surface area contributed by atoms with Gasteiger partial charge < -0.3 is 9.84 Å². The highest BCUT2D eigenvalue weighted by Crippen LogP contribution is 2.49. The van der Waals surface area contributed by atoms with Gasteiger partial charge >= 0.3 is 6.09 Å². The van der Waals surface area contributed by atoms with Crippen molar-refractivity contribution in [3.63, 3.8) is 0 Å². The molecule has 0 bridgehead atoms. The standard InChI is InChI=1S/C34H54N2O6Si/c1-22(2)43(23(3)4,24(5)6)30-21-36(27(20-28(30)37)31(38)32(39)35(9)41-10)33(40)42-29-19-15-14-18-26(29)34(7,8)25-16-12-11-13-17-25/h11-13,16-17,21-24,26-27,29,31,38H,14-15,18-20H2,1-10H3/t26-,27+,29-,31+/m1/s1. The Kier molecular flexibility index (Phi) is 11.5. The van der Waals surface area contributed by atoms with Crippen LogP contribution in [0.5, 0.6) is 0 Å². The van der Waals surface area contributed by atoms with E-state index in [0.29, 0.717) is 5.20 Å². The first-order chi connectivity index (χ1) is 20.1. The molecule has 1 aromatic carbocycles. The summed E-state index contributed by atoms with van der Waals surface area (Å²) >= 11 is 0. The summed E-state index contributed by atoms with van der Waals surface area (Å²) in [5, 5.41) is 12.9. The van der Waals surface area contributed by atoms with Gasteiger partial charge in [0, 0.05) is 25.6 Å². The number of amides is 2. The zero-order chi connectivity index (χ0) is 32.3. The lowest BCUT2D eigenvalue weighted by atomic mass is 9.66. The predicted molar refractivity (Wildman–Crippen MR) is 172 cm³/mol. The molecule has 2 aliphatic rings. The Labute approximate surface area is 259 Å². The van der Waals surface area contributed by atoms with E-state index < -0.39 is 32.2 Å². The molecule has 1 aliphatic heterocycles. The minimum Gasteiger partial charge on any atom is -0.446 e. The van der Waals surface area contributed by atoms with Crippen LogP contribution in [-0.4, -0.2) is 73.3 Å². The van der Waals surface area contributed by atoms with Crippen molar-refractivity contribution >= 4 is 25.9 Å². The minimum absolute atomic E-state index is 0.0857. The van der Waals surface area contributed by atoms with Gasteiger partial charge in [0.25, 0.3) is 5.91 Å². The maximum atomic E-state index is 14.2. The van der Waals surface area contributed by atoms with Gasteiger partial charge in [-0.3, -0.25) is 19.3 Å². The highest BCUT2D eigenvalue weighted by molar-refractivity contribution is 6.93. The number of hydrogen-bond acceptors (Lipinski definition) is 6. The Balaban J connectivity index is 2.08. The van der Waals surface area contributed by atoms with Gasteiger partial charge in [0.2, 0.25) is 0 Å². The van der Waals surface area contributed by atoms with Gasteiger partial charge in [0.05, 0.1) is 13.2 Å². The number of hydrogen-bond donors (Lipinski definition) is 1. The third kappa shape index (κ3) is 6.78. The van der Waals surface area contributed by atoms with Crippen molar-refractivity contribution in [1.82, 2.24) is 9.96 Å². The lowest BCUT2D eigenvalue weighted by Gasteiger charge is -2.48. The summed E-state index contributed by atoms with van der Waals surface area (Å²) in [5.74, 6) is -0.747. The predicted octanol–water partition coefficient (Wildman–Crippen LogP) is 6.79. The number of hydroxylamine groups is 2. The van der Waals surface area contributed by atoms with Gasteiger partial charge in [-0.25, -0.2) is 9.86 Å². The van der Waals surface area contributed by atoms with Gasteiger partial charge in [-0.1, -0.05) is 92.1 Å². The van der Waals surface area contributed by atoms with Crippen LogP contribution in [-0.2, 0) is 24.6 Å². The fraction of sp³-hybridized carbons (Fsp3) is 0.676. The molecule has 0 radical (unpaired) electrons. The number of aliphatic hydroxyl groups is 1. The summed E-state index contributed by atoms with van der Waals surface area (Å²) < 4.78 is 6.36. The molecular weight excluding hydrogens is 560 g/mol. The van der Waals surface area contributed by atoms with E-state index in [4.69, 9.17) is 9.57 Å². The summed E-state index contributed by atoms with van der Waals surface area (Å²) in [7, 11) is 0.244. The first kappa shape index (κ1) is 35.0. The molecule has 8 nitrogen and oxygen atoms in total. The van der Waals surface area contributed by atoms with E-state index in [0.717, 1.165) is 30.7 Å². The number of likely N-dealkylation sites (N-methyl/N-ethyl adjacent to an activating group) is 1. The van der Waals surface area contributed by atoms with Gasteiger partial charge in [0.15, 0.2) is 11.9 Å². The highest BCUT2D eigenvalue weighted by Gasteiger charge is 2.52. The second-order valence-electron chi connectivity index (χ2n) is 13.9. The summed E-state index contributed by atoms with van der Waals surface area (Å²) in [6.07, 6.45) is 2.53. The summed E-state index contributed by atoms with van der Waals surface area (Å²) in [6.45, 7) is 17.4. The molecule has 240 valence electrons. The van der Waals surface area contributed by atoms with Crippen LogP contribution in [0.2, 0.25) is 16.6 Å². The smallest absolute Gasteiger partial charge is 0.414 e. The molecular formula is C34H54N2O6Si. The summed E-state index contributed by atoms with van der Waals surface area (Å²) in [6, 6.07) is 9.21. The third-order valence-corrected chi connectivity index (χ3v) is 17.5. The molecule has 1 aromatic rings. The van der Waals surface area contributed by atoms with Crippen LogP contribution in [0.1, 0.15) is 93.1 Å². The van der Waals surface area contributed by atoms with Crippen molar-refractivity contribution < 1.29 is 29.1 Å². The number of nitrogens with zero attached hydrogens (tertiary/aromatic N) is 2. The van der Waals surface area contributed by atoms with Crippen LogP contribution < -0.4 is 0 Å². The summed E-state index contributed by atoms with van der Waals surface area (Å²) in [5.41, 5.74) is 1.65. The maximum Gasteiger partial charge on any atom is 0.414 e. The van der Waals surface area contributed by atoms with Crippen LogP contribution in [0.25, 0.3) is 0 Å². The van der Waals surface area contributed by atoms with Gasteiger partial charge in [-0.15, -0.1) is 0 Å². The Morgan fingerprint density at radius 1 is 1.00 bits per heavy atom. The number of ether oxygens (including phenoxy) is 1. The molecule has 9 heteroatoms. The van der Waals surface area contributed by atoms with E-state index in [-0.39, 0.29) is 46.3 Å². The number of allylic oxidation sites excluding steroid dienone is 1. The molecule has 3 rings (SSSR count). The van der Waals surface area contributed by atoms with E-state index in [1.54, 1.807) is 6.20 Å². The number of Topliss-reactive ketones (excluding diaryl/α,β-unsaturated/α-hetero) is 1. The average Bonchev–Trinajstić information content (AvgIpc) is 2.96. The Morgan fingerprint density at radius 2 is 1.56 bits per heavy atom. The van der Waals surface area contributed by atoms with Crippen molar-refractivity contribution in [2.24, 2.45) is 5.92 Å². The van der Waals surface area contributed by atoms with Crippen molar-refractivity contribution in [2.45, 2.75) is 128 Å². The van der Waals surface area contributed by atoms with E-state index in [2.05, 4.69) is 67.5 Å². The molecule has 1 N–H and O–H groups in total. The molecule has 0 unspecified atom stereocenters. The van der Waals surface area contributed by atoms with Crippen LogP contribution >= 0.6 is 0 Å². The number of carbonyl (C=O) groups is 3. The fourth-order valence-electron chi connectivity index (χ4n) is 8.22. The highest BCUT2D eigenvalue weighted by atomic mass is 28.3. The van der Waals surface area contributed by atoms with E-state index >= 15 is 0 Å². The van der Waals surface area contributed by atoms with Crippen molar-refractivity contribution in [3.8, 4) is 0 Å². The average molecular weight is 615 g/mol. The van der Waals surface area contributed by atoms with E-state index in [9.17, 15) is 19.5 Å². The largest absolute Gasteiger partial charge is 0.446 e. The van der Waals surface area contributed by atoms with Crippen LogP contribution in [0.3, 0.4) is 0 Å². The number of carbonyl (C=O) groups excluding carboxylic acids is 3. The third-order valence-electron chi connectivity index (χ3n) is 10.5. The lowest BCUT2D eigenvalue weighted by molar-refractivity contribution is -0.180. The van der Waals surface area contributed by atoms with Crippen LogP contribution in [0, 0.1) is 5.92 Å². The maximum absolute atomic E-state index is 14.2. The molecule has 0 aromatic heterocycles. The first-order valence-electron chi connectivity index (χ1n) is 15.9. The topological polar surface area (TPSA) is 96.4 Å². The number of aliphatic hydroxyl groups excluding tert-OH is 1. The molecule has 43 heavy (non-hydrogen) atoms. The Morgan fingerprint density at radius 3 is 2.09 bits per heavy atom. The zero-order valence-corrected chi connectivity index (χ0v) is 28.9. The minimum atomic E-state index is -2.48. The summed E-state index contributed by atoms with van der Waals surface area (Å²) in [4.78, 5) is 47.6. The van der Waals surface area contributed by atoms with Crippen molar-refractivity contribution in [2.75, 3.05) is 14.2 Å². The molecule has 1 fully saturated rings. The van der Waals surface area contributed by atoms with Crippen LogP contribution in [0.15, 0.2) is 41.7 Å². The normalized spacial score (nSPS) is 22.6. The number of benzene rings is 1. The first-order valence-corrected chi connectivity index (χ1v) is 18.1. The van der Waals surface area contributed by atoms with Crippen molar-refractivity contribution in [3.05, 3.63) is 47.3 Å². The molecule has 1 saturated carbocycles. The zero-order valence-electron chi connectivity index (χ0n) is 27.9. The number of ketones is 1. The van der Waals surface area contributed by atoms with Crippen molar-refractivity contribution in [1.29, 1.82) is 0 Å². The second kappa shape index (κ2) is 14.1. The molecule has 2 amide bonds. The van der Waals surface area contributed by atoms with Crippen LogP contribution in [0.4, 0.5) is 4.79 Å². The lowest BCUT2D eigenvalue weighted by Crippen LogP contribution is -2.58. The van der Waals surface area contributed by atoms with Gasteiger partial charge in [-0.05, 0) is 52.1 Å². The molecule has 0 saturated heterocycles. The molecule has 1 aliphatic carbocycles. The molecule has 1 heterocycles. The number of rotatable bonds is 10. The molecule has 4 atom stereocenters. The fourth-order valence-corrected chi connectivity index (χ4v) is 15.0. The Hall–Kier alpha value is -2.49. The quantitative estimate of drug-likeness (QED) is 0.230.